The minimum atomic E-state index is -3.01. The topological polar surface area (TPSA) is 102 Å². The monoisotopic (exact) mass is 404 g/mol. The van der Waals surface area contributed by atoms with Crippen LogP contribution in [0.15, 0.2) is 22.7 Å². The van der Waals surface area contributed by atoms with Crippen molar-refractivity contribution in [2.45, 2.75) is 12.8 Å². The summed E-state index contributed by atoms with van der Waals surface area (Å²) < 4.78 is 28.4. The van der Waals surface area contributed by atoms with Crippen molar-refractivity contribution in [3.05, 3.63) is 28.2 Å². The van der Waals surface area contributed by atoms with Gasteiger partial charge < -0.3 is 4.74 Å². The fraction of sp³-hybridized carbons (Fsp3) is 0.429. The van der Waals surface area contributed by atoms with Gasteiger partial charge in [-0.1, -0.05) is 0 Å². The number of hydrogen-bond acceptors (Lipinski definition) is 5. The second-order valence-electron chi connectivity index (χ2n) is 5.32. The Bertz CT molecular complexity index is 720. The first-order valence-electron chi connectivity index (χ1n) is 6.94. The lowest BCUT2D eigenvalue weighted by Gasteiger charge is -2.11. The van der Waals surface area contributed by atoms with E-state index in [-0.39, 0.29) is 23.8 Å². The number of ether oxygens (including phenoxy) is 1. The Balaban J connectivity index is 1.84. The molecule has 1 heterocycles. The van der Waals surface area contributed by atoms with Crippen molar-refractivity contribution in [2.24, 2.45) is 5.92 Å². The van der Waals surface area contributed by atoms with Crippen LogP contribution in [0.1, 0.15) is 23.2 Å². The summed E-state index contributed by atoms with van der Waals surface area (Å²) in [6.07, 6.45) is 0.556. The number of sulfone groups is 1. The average molecular weight is 405 g/mol. The fourth-order valence-corrected chi connectivity index (χ4v) is 4.76. The van der Waals surface area contributed by atoms with Crippen molar-refractivity contribution in [3.8, 4) is 5.75 Å². The third-order valence-corrected chi connectivity index (χ3v) is 5.99. The number of carbonyl (C=O) groups excluding carboxylic acids is 2. The van der Waals surface area contributed by atoms with Gasteiger partial charge in [0.1, 0.15) is 5.75 Å². The molecule has 1 aromatic rings. The van der Waals surface area contributed by atoms with Crippen molar-refractivity contribution in [1.82, 2.24) is 10.9 Å². The number of nitrogens with one attached hydrogen (secondary N) is 2. The number of hydrazine groups is 1. The maximum Gasteiger partial charge on any atom is 0.269 e. The molecule has 0 spiro atoms. The van der Waals surface area contributed by atoms with E-state index < -0.39 is 21.7 Å². The van der Waals surface area contributed by atoms with Crippen LogP contribution < -0.4 is 15.6 Å². The molecule has 1 aliphatic heterocycles. The van der Waals surface area contributed by atoms with E-state index in [0.717, 1.165) is 0 Å². The SMILES string of the molecule is COc1ccc(C(=O)NNC(=O)C[C@@H]2CCS(=O)(=O)C2)cc1Br. The maximum atomic E-state index is 12.0. The highest BCUT2D eigenvalue weighted by Gasteiger charge is 2.29. The molecule has 1 aromatic carbocycles. The minimum absolute atomic E-state index is 0.0276. The Morgan fingerprint density at radius 3 is 2.65 bits per heavy atom. The van der Waals surface area contributed by atoms with Crippen LogP contribution in [0.5, 0.6) is 5.75 Å². The van der Waals surface area contributed by atoms with Gasteiger partial charge in [0, 0.05) is 12.0 Å². The third kappa shape index (κ3) is 4.93. The Hall–Kier alpha value is -1.61. The van der Waals surface area contributed by atoms with Gasteiger partial charge in [-0.25, -0.2) is 8.42 Å². The summed E-state index contributed by atoms with van der Waals surface area (Å²) in [5, 5.41) is 0. The quantitative estimate of drug-likeness (QED) is 0.730. The molecule has 1 atom stereocenters. The predicted octanol–water partition coefficient (Wildman–Crippen LogP) is 1.04. The molecule has 2 amide bonds. The van der Waals surface area contributed by atoms with Gasteiger partial charge in [-0.05, 0) is 46.5 Å². The molecule has 1 saturated heterocycles. The molecule has 1 fully saturated rings. The minimum Gasteiger partial charge on any atom is -0.496 e. The lowest BCUT2D eigenvalue weighted by molar-refractivity contribution is -0.122. The van der Waals surface area contributed by atoms with E-state index >= 15 is 0 Å². The summed E-state index contributed by atoms with van der Waals surface area (Å²) in [5.41, 5.74) is 4.96. The van der Waals surface area contributed by atoms with Crippen LogP contribution in [0, 0.1) is 5.92 Å². The number of carbonyl (C=O) groups is 2. The molecule has 0 saturated carbocycles. The van der Waals surface area contributed by atoms with E-state index in [2.05, 4.69) is 26.8 Å². The van der Waals surface area contributed by atoms with Crippen LogP contribution in [0.3, 0.4) is 0 Å². The van der Waals surface area contributed by atoms with Gasteiger partial charge in [0.15, 0.2) is 9.84 Å². The zero-order chi connectivity index (χ0) is 17.0. The molecule has 0 aromatic heterocycles. The summed E-state index contributed by atoms with van der Waals surface area (Å²) in [7, 11) is -1.49. The van der Waals surface area contributed by atoms with Crippen LogP contribution in [0.2, 0.25) is 0 Å². The van der Waals surface area contributed by atoms with Crippen LogP contribution in [-0.2, 0) is 14.6 Å². The van der Waals surface area contributed by atoms with Crippen molar-refractivity contribution in [3.63, 3.8) is 0 Å². The molecule has 1 aliphatic rings. The molecular formula is C14H17BrN2O5S. The molecule has 7 nitrogen and oxygen atoms in total. The molecule has 2 rings (SSSR count). The van der Waals surface area contributed by atoms with E-state index in [1.165, 1.54) is 7.11 Å². The highest BCUT2D eigenvalue weighted by Crippen LogP contribution is 2.25. The number of halogens is 1. The first-order valence-corrected chi connectivity index (χ1v) is 9.55. The Morgan fingerprint density at radius 1 is 1.35 bits per heavy atom. The first kappa shape index (κ1) is 17.7. The van der Waals surface area contributed by atoms with Crippen LogP contribution >= 0.6 is 15.9 Å². The van der Waals surface area contributed by atoms with E-state index in [1.54, 1.807) is 18.2 Å². The lowest BCUT2D eigenvalue weighted by atomic mass is 10.1. The Labute approximate surface area is 142 Å². The molecule has 2 N–H and O–H groups in total. The van der Waals surface area contributed by atoms with Crippen molar-refractivity contribution in [2.75, 3.05) is 18.6 Å². The maximum absolute atomic E-state index is 12.0. The van der Waals surface area contributed by atoms with E-state index in [9.17, 15) is 18.0 Å². The number of rotatable bonds is 4. The highest BCUT2D eigenvalue weighted by atomic mass is 79.9. The number of benzene rings is 1. The summed E-state index contributed by atoms with van der Waals surface area (Å²) in [6, 6.07) is 4.77. The smallest absolute Gasteiger partial charge is 0.269 e. The number of hydrogen-bond donors (Lipinski definition) is 2. The summed E-state index contributed by atoms with van der Waals surface area (Å²) in [4.78, 5) is 23.7. The second-order valence-corrected chi connectivity index (χ2v) is 8.41. The Kier molecular flexibility index (Phi) is 5.64. The normalized spacial score (nSPS) is 19.1. The van der Waals surface area contributed by atoms with Gasteiger partial charge in [0.25, 0.3) is 5.91 Å². The zero-order valence-corrected chi connectivity index (χ0v) is 14.9. The third-order valence-electron chi connectivity index (χ3n) is 3.53. The number of amides is 2. The van der Waals surface area contributed by atoms with Crippen molar-refractivity contribution in [1.29, 1.82) is 0 Å². The molecule has 0 bridgehead atoms. The van der Waals surface area contributed by atoms with Gasteiger partial charge >= 0.3 is 0 Å². The highest BCUT2D eigenvalue weighted by molar-refractivity contribution is 9.10. The first-order chi connectivity index (χ1) is 10.8. The number of methoxy groups -OCH3 is 1. The molecule has 0 radical (unpaired) electrons. The molecule has 9 heteroatoms. The standard InChI is InChI=1S/C14H17BrN2O5S/c1-22-12-3-2-10(7-11(12)15)14(19)17-16-13(18)6-9-4-5-23(20,21)8-9/h2-3,7,9H,4-6,8H2,1H3,(H,16,18)(H,17,19)/t9-/m0/s1. The van der Waals surface area contributed by atoms with Gasteiger partial charge in [-0.3, -0.25) is 20.4 Å². The average Bonchev–Trinajstić information content (AvgIpc) is 2.83. The molecule has 23 heavy (non-hydrogen) atoms. The summed E-state index contributed by atoms with van der Waals surface area (Å²) in [5.74, 6) is -0.328. The largest absolute Gasteiger partial charge is 0.496 e. The summed E-state index contributed by atoms with van der Waals surface area (Å²) >= 11 is 3.28. The molecular weight excluding hydrogens is 388 g/mol. The molecule has 0 unspecified atom stereocenters. The lowest BCUT2D eigenvalue weighted by Crippen LogP contribution is -2.42. The van der Waals surface area contributed by atoms with E-state index in [1.807, 2.05) is 0 Å². The second kappa shape index (κ2) is 7.31. The summed E-state index contributed by atoms with van der Waals surface area (Å²) in [6.45, 7) is 0. The van der Waals surface area contributed by atoms with Gasteiger partial charge in [-0.15, -0.1) is 0 Å². The van der Waals surface area contributed by atoms with Gasteiger partial charge in [0.05, 0.1) is 23.1 Å². The van der Waals surface area contributed by atoms with Crippen LogP contribution in [0.4, 0.5) is 0 Å². The molecule has 0 aliphatic carbocycles. The van der Waals surface area contributed by atoms with Gasteiger partial charge in [-0.2, -0.15) is 0 Å². The van der Waals surface area contributed by atoms with Crippen molar-refractivity contribution < 1.29 is 22.7 Å². The Morgan fingerprint density at radius 2 is 2.09 bits per heavy atom. The predicted molar refractivity (Wildman–Crippen MR) is 87.7 cm³/mol. The molecule has 126 valence electrons. The van der Waals surface area contributed by atoms with Crippen LogP contribution in [-0.4, -0.2) is 38.8 Å². The van der Waals surface area contributed by atoms with Crippen molar-refractivity contribution >= 4 is 37.6 Å². The fourth-order valence-electron chi connectivity index (χ4n) is 2.35. The van der Waals surface area contributed by atoms with E-state index in [4.69, 9.17) is 4.74 Å². The zero-order valence-electron chi connectivity index (χ0n) is 12.5. The van der Waals surface area contributed by atoms with E-state index in [0.29, 0.717) is 22.2 Å². The van der Waals surface area contributed by atoms with Crippen LogP contribution in [0.25, 0.3) is 0 Å². The van der Waals surface area contributed by atoms with Gasteiger partial charge in [0.2, 0.25) is 5.91 Å².